The molecular formula is C15H10BrN3. The molecule has 0 atom stereocenters. The van der Waals surface area contributed by atoms with Gasteiger partial charge in [-0.25, -0.2) is 4.98 Å². The maximum atomic E-state index is 4.33. The zero-order valence-corrected chi connectivity index (χ0v) is 11.5. The third kappa shape index (κ3) is 1.60. The molecule has 0 unspecified atom stereocenters. The summed E-state index contributed by atoms with van der Waals surface area (Å²) in [6, 6.07) is 10.3. The Hall–Kier alpha value is -2.07. The predicted octanol–water partition coefficient (Wildman–Crippen LogP) is 4.47. The quantitative estimate of drug-likeness (QED) is 0.535. The Labute approximate surface area is 117 Å². The van der Waals surface area contributed by atoms with Gasteiger partial charge in [0.1, 0.15) is 5.65 Å². The lowest BCUT2D eigenvalue weighted by Crippen LogP contribution is -1.75. The SMILES string of the molecule is Brc1ccc2[nH]cc(-c3c[nH]c4ncccc34)c2c1. The van der Waals surface area contributed by atoms with Crippen LogP contribution in [0.4, 0.5) is 0 Å². The third-order valence-electron chi connectivity index (χ3n) is 3.39. The number of halogens is 1. The van der Waals surface area contributed by atoms with E-state index in [1.165, 1.54) is 16.5 Å². The summed E-state index contributed by atoms with van der Waals surface area (Å²) >= 11 is 3.53. The van der Waals surface area contributed by atoms with Gasteiger partial charge < -0.3 is 9.97 Å². The van der Waals surface area contributed by atoms with Crippen molar-refractivity contribution in [3.63, 3.8) is 0 Å². The lowest BCUT2D eigenvalue weighted by Gasteiger charge is -1.98. The third-order valence-corrected chi connectivity index (χ3v) is 3.88. The Morgan fingerprint density at radius 1 is 0.947 bits per heavy atom. The Balaban J connectivity index is 2.06. The van der Waals surface area contributed by atoms with E-state index in [-0.39, 0.29) is 0 Å². The van der Waals surface area contributed by atoms with Crippen LogP contribution in [0.3, 0.4) is 0 Å². The average Bonchev–Trinajstić information content (AvgIpc) is 3.01. The number of fused-ring (bicyclic) bond motifs is 2. The molecule has 0 amide bonds. The van der Waals surface area contributed by atoms with Crippen molar-refractivity contribution in [2.75, 3.05) is 0 Å². The highest BCUT2D eigenvalue weighted by Gasteiger charge is 2.11. The van der Waals surface area contributed by atoms with E-state index in [1.807, 2.05) is 24.5 Å². The van der Waals surface area contributed by atoms with Crippen LogP contribution in [0.5, 0.6) is 0 Å². The standard InChI is InChI=1S/C15H10BrN3/c16-9-3-4-14-11(6-9)13(7-18-14)12-8-19-15-10(12)2-1-5-17-15/h1-8,18H,(H,17,19). The van der Waals surface area contributed by atoms with Crippen LogP contribution >= 0.6 is 15.9 Å². The summed E-state index contributed by atoms with van der Waals surface area (Å²) in [4.78, 5) is 10.9. The van der Waals surface area contributed by atoms with E-state index in [0.717, 1.165) is 21.0 Å². The normalized spacial score (nSPS) is 11.4. The minimum absolute atomic E-state index is 0.918. The highest BCUT2D eigenvalue weighted by Crippen LogP contribution is 2.34. The van der Waals surface area contributed by atoms with Crippen LogP contribution < -0.4 is 0 Å². The first-order chi connectivity index (χ1) is 9.33. The second-order valence-electron chi connectivity index (χ2n) is 4.49. The van der Waals surface area contributed by atoms with Crippen LogP contribution in [0, 0.1) is 0 Å². The summed E-state index contributed by atoms with van der Waals surface area (Å²) in [5.74, 6) is 0. The molecule has 92 valence electrons. The van der Waals surface area contributed by atoms with Crippen molar-refractivity contribution < 1.29 is 0 Å². The number of rotatable bonds is 1. The molecule has 1 aromatic carbocycles. The monoisotopic (exact) mass is 311 g/mol. The van der Waals surface area contributed by atoms with Crippen molar-refractivity contribution in [3.8, 4) is 11.1 Å². The Kier molecular flexibility index (Phi) is 2.26. The number of benzene rings is 1. The van der Waals surface area contributed by atoms with E-state index in [1.54, 1.807) is 6.20 Å². The van der Waals surface area contributed by atoms with Gasteiger partial charge in [-0.1, -0.05) is 15.9 Å². The van der Waals surface area contributed by atoms with Gasteiger partial charge in [0.15, 0.2) is 0 Å². The smallest absolute Gasteiger partial charge is 0.137 e. The van der Waals surface area contributed by atoms with Gasteiger partial charge in [-0.3, -0.25) is 0 Å². The number of pyridine rings is 1. The Morgan fingerprint density at radius 3 is 2.74 bits per heavy atom. The second kappa shape index (κ2) is 3.96. The zero-order valence-electron chi connectivity index (χ0n) is 9.94. The Bertz CT molecular complexity index is 889. The number of aromatic nitrogens is 3. The highest BCUT2D eigenvalue weighted by atomic mass is 79.9. The molecule has 0 radical (unpaired) electrons. The molecule has 4 heteroatoms. The van der Waals surface area contributed by atoms with Crippen molar-refractivity contribution in [2.45, 2.75) is 0 Å². The Morgan fingerprint density at radius 2 is 1.79 bits per heavy atom. The molecule has 4 aromatic rings. The van der Waals surface area contributed by atoms with Crippen molar-refractivity contribution in [1.82, 2.24) is 15.0 Å². The molecule has 0 aliphatic heterocycles. The molecule has 0 aliphatic carbocycles. The first-order valence-electron chi connectivity index (χ1n) is 6.02. The highest BCUT2D eigenvalue weighted by molar-refractivity contribution is 9.10. The van der Waals surface area contributed by atoms with Gasteiger partial charge in [-0.15, -0.1) is 0 Å². The molecule has 0 saturated carbocycles. The zero-order chi connectivity index (χ0) is 12.8. The van der Waals surface area contributed by atoms with Gasteiger partial charge in [0, 0.05) is 50.5 Å². The van der Waals surface area contributed by atoms with Crippen LogP contribution in [0.2, 0.25) is 0 Å². The van der Waals surface area contributed by atoms with Gasteiger partial charge in [0.05, 0.1) is 0 Å². The number of nitrogens with one attached hydrogen (secondary N) is 2. The number of nitrogens with zero attached hydrogens (tertiary/aromatic N) is 1. The summed E-state index contributed by atoms with van der Waals surface area (Å²) in [7, 11) is 0. The first kappa shape index (κ1) is 10.8. The van der Waals surface area contributed by atoms with Crippen molar-refractivity contribution >= 4 is 37.9 Å². The number of H-pyrrole nitrogens is 2. The van der Waals surface area contributed by atoms with E-state index in [9.17, 15) is 0 Å². The van der Waals surface area contributed by atoms with Crippen molar-refractivity contribution in [3.05, 3.63) is 53.4 Å². The minimum atomic E-state index is 0.918. The summed E-state index contributed by atoms with van der Waals surface area (Å²) in [5, 5.41) is 2.35. The van der Waals surface area contributed by atoms with Crippen LogP contribution in [-0.4, -0.2) is 15.0 Å². The molecule has 0 spiro atoms. The fourth-order valence-electron chi connectivity index (χ4n) is 2.49. The lowest BCUT2D eigenvalue weighted by atomic mass is 10.1. The average molecular weight is 312 g/mol. The summed E-state index contributed by atoms with van der Waals surface area (Å²) in [5.41, 5.74) is 4.42. The van der Waals surface area contributed by atoms with E-state index in [2.05, 4.69) is 49.1 Å². The van der Waals surface area contributed by atoms with Gasteiger partial charge in [-0.2, -0.15) is 0 Å². The van der Waals surface area contributed by atoms with Gasteiger partial charge >= 0.3 is 0 Å². The topological polar surface area (TPSA) is 44.5 Å². The molecule has 0 saturated heterocycles. The van der Waals surface area contributed by atoms with E-state index in [0.29, 0.717) is 0 Å². The maximum absolute atomic E-state index is 4.33. The number of aromatic amines is 2. The molecule has 2 N–H and O–H groups in total. The summed E-state index contributed by atoms with van der Waals surface area (Å²) < 4.78 is 1.08. The van der Waals surface area contributed by atoms with Crippen LogP contribution in [0.1, 0.15) is 0 Å². The summed E-state index contributed by atoms with van der Waals surface area (Å²) in [6.07, 6.45) is 5.86. The fraction of sp³-hybridized carbons (Fsp3) is 0. The number of hydrogen-bond donors (Lipinski definition) is 2. The van der Waals surface area contributed by atoms with E-state index >= 15 is 0 Å². The second-order valence-corrected chi connectivity index (χ2v) is 5.41. The van der Waals surface area contributed by atoms with Gasteiger partial charge in [-0.05, 0) is 30.3 Å². The van der Waals surface area contributed by atoms with Crippen molar-refractivity contribution in [2.24, 2.45) is 0 Å². The predicted molar refractivity (Wildman–Crippen MR) is 81.1 cm³/mol. The van der Waals surface area contributed by atoms with Gasteiger partial charge in [0.25, 0.3) is 0 Å². The molecule has 0 bridgehead atoms. The molecule has 3 nitrogen and oxygen atoms in total. The van der Waals surface area contributed by atoms with E-state index < -0.39 is 0 Å². The van der Waals surface area contributed by atoms with Crippen molar-refractivity contribution in [1.29, 1.82) is 0 Å². The minimum Gasteiger partial charge on any atom is -0.361 e. The molecule has 3 heterocycles. The van der Waals surface area contributed by atoms with E-state index in [4.69, 9.17) is 0 Å². The van der Waals surface area contributed by atoms with Gasteiger partial charge in [0.2, 0.25) is 0 Å². The van der Waals surface area contributed by atoms with Crippen LogP contribution in [0.15, 0.2) is 53.4 Å². The molecule has 19 heavy (non-hydrogen) atoms. The largest absolute Gasteiger partial charge is 0.361 e. The molecule has 0 aliphatic rings. The van der Waals surface area contributed by atoms with Crippen LogP contribution in [0.25, 0.3) is 33.1 Å². The molecule has 0 fully saturated rings. The van der Waals surface area contributed by atoms with Crippen LogP contribution in [-0.2, 0) is 0 Å². The molecular weight excluding hydrogens is 302 g/mol. The number of hydrogen-bond acceptors (Lipinski definition) is 1. The first-order valence-corrected chi connectivity index (χ1v) is 6.81. The molecule has 3 aromatic heterocycles. The summed E-state index contributed by atoms with van der Waals surface area (Å²) in [6.45, 7) is 0. The lowest BCUT2D eigenvalue weighted by molar-refractivity contribution is 1.33. The fourth-order valence-corrected chi connectivity index (χ4v) is 2.86. The molecule has 4 rings (SSSR count). The maximum Gasteiger partial charge on any atom is 0.137 e.